The molecule has 1 rings (SSSR count). The maximum atomic E-state index is 9.83. The fraction of sp³-hybridized carbons (Fsp3) is 0. The van der Waals surface area contributed by atoms with Crippen molar-refractivity contribution in [2.45, 2.75) is 0 Å². The Labute approximate surface area is 44.2 Å². The first-order chi connectivity index (χ1) is 3.43. The number of hydrogen-bond donors (Lipinski definition) is 0. The lowest BCUT2D eigenvalue weighted by molar-refractivity contribution is -0.275. The molecule has 0 saturated carbocycles. The Bertz CT molecular complexity index is 163. The Balaban J connectivity index is 3.00. The summed E-state index contributed by atoms with van der Waals surface area (Å²) >= 11 is 0.380. The van der Waals surface area contributed by atoms with Crippen LogP contribution >= 0.6 is 0 Å². The molecule has 0 atom stereocenters. The second-order valence-electron chi connectivity index (χ2n) is 0.997. The van der Waals surface area contributed by atoms with Crippen molar-refractivity contribution in [1.29, 1.82) is 0 Å². The summed E-state index contributed by atoms with van der Waals surface area (Å²) in [7, 11) is 0. The van der Waals surface area contributed by atoms with E-state index in [1.54, 1.807) is 12.4 Å². The highest BCUT2D eigenvalue weighted by Crippen LogP contribution is 1.82. The first kappa shape index (κ1) is 4.39. The van der Waals surface area contributed by atoms with E-state index in [4.69, 9.17) is 0 Å². The Hall–Kier alpha value is -0.770. The predicted octanol–water partition coefficient (Wildman–Crippen LogP) is -0.0914. The minimum atomic E-state index is 0.380. The summed E-state index contributed by atoms with van der Waals surface area (Å²) in [5.41, 5.74) is 0. The molecular weight excluding hydrogens is 112 g/mol. The average molecular weight is 115 g/mol. The van der Waals surface area contributed by atoms with E-state index >= 15 is 0 Å². The fourth-order valence-corrected chi connectivity index (χ4v) is 0.488. The van der Waals surface area contributed by atoms with Gasteiger partial charge < -0.3 is 0 Å². The van der Waals surface area contributed by atoms with Gasteiger partial charge in [-0.1, -0.05) is 4.99 Å². The van der Waals surface area contributed by atoms with Gasteiger partial charge >= 0.3 is 6.34 Å². The zero-order valence-electron chi connectivity index (χ0n) is 3.44. The Morgan fingerprint density at radius 1 is 1.71 bits per heavy atom. The second kappa shape index (κ2) is 1.79. The van der Waals surface area contributed by atoms with Crippen LogP contribution < -0.4 is 0 Å². The fourth-order valence-electron chi connectivity index (χ4n) is 0.291. The molecule has 3 nitrogen and oxygen atoms in total. The molecule has 0 fully saturated rings. The molecule has 7 heavy (non-hydrogen) atoms. The first-order valence-corrected chi connectivity index (χ1v) is 2.41. The first-order valence-electron chi connectivity index (χ1n) is 1.72. The molecule has 0 spiro atoms. The van der Waals surface area contributed by atoms with Crippen molar-refractivity contribution >= 4 is 17.8 Å². The van der Waals surface area contributed by atoms with Gasteiger partial charge in [0.05, 0.1) is 0 Å². The van der Waals surface area contributed by atoms with Gasteiger partial charge in [0.15, 0.2) is 12.4 Å². The molecule has 0 unspecified atom stereocenters. The van der Waals surface area contributed by atoms with Crippen molar-refractivity contribution in [1.82, 2.24) is 0 Å². The van der Waals surface area contributed by atoms with Crippen LogP contribution in [-0.4, -0.2) is 14.5 Å². The summed E-state index contributed by atoms with van der Waals surface area (Å²) in [6, 6.07) is 0. The highest BCUT2D eigenvalue weighted by Gasteiger charge is 1.96. The topological polar surface area (TPSA) is 32.4 Å². The maximum absolute atomic E-state index is 9.83. The SMILES string of the molecule is O=S=[N+]1C=CN=C1. The molecule has 0 saturated heterocycles. The minimum Gasteiger partial charge on any atom is -0.167 e. The van der Waals surface area contributed by atoms with Gasteiger partial charge in [-0.15, -0.1) is 3.95 Å². The van der Waals surface area contributed by atoms with Crippen LogP contribution in [-0.2, 0) is 11.5 Å². The van der Waals surface area contributed by atoms with E-state index in [9.17, 15) is 4.21 Å². The highest BCUT2D eigenvalue weighted by atomic mass is 32.1. The number of nitrogens with zero attached hydrogens (tertiary/aromatic N) is 2. The lowest BCUT2D eigenvalue weighted by Crippen LogP contribution is -1.89. The molecule has 0 aromatic rings. The van der Waals surface area contributed by atoms with Crippen LogP contribution in [0.1, 0.15) is 0 Å². The van der Waals surface area contributed by atoms with Gasteiger partial charge in [-0.3, -0.25) is 0 Å². The van der Waals surface area contributed by atoms with E-state index < -0.39 is 0 Å². The van der Waals surface area contributed by atoms with Crippen LogP contribution in [0.4, 0.5) is 0 Å². The summed E-state index contributed by atoms with van der Waals surface area (Å²) in [4.78, 5) is 3.64. The molecule has 0 aliphatic carbocycles. The van der Waals surface area contributed by atoms with Crippen LogP contribution in [0.3, 0.4) is 0 Å². The van der Waals surface area contributed by atoms with Gasteiger partial charge in [-0.25, -0.2) is 0 Å². The van der Waals surface area contributed by atoms with Gasteiger partial charge in [0, 0.05) is 0 Å². The molecule has 1 aliphatic rings. The van der Waals surface area contributed by atoms with E-state index in [0.717, 1.165) is 0 Å². The van der Waals surface area contributed by atoms with Crippen molar-refractivity contribution < 1.29 is 8.15 Å². The molecule has 0 aromatic heterocycles. The molecule has 36 valence electrons. The third kappa shape index (κ3) is 0.806. The largest absolute Gasteiger partial charge is 0.304 e. The summed E-state index contributed by atoms with van der Waals surface area (Å²) in [5.74, 6) is 0. The molecular formula is C3H3N2OS+. The van der Waals surface area contributed by atoms with Crippen molar-refractivity contribution in [3.05, 3.63) is 12.4 Å². The standard InChI is InChI=1S/C3H3N2OS/c6-7-5-2-1-4-3-5/h1-3H/q+1. The summed E-state index contributed by atoms with van der Waals surface area (Å²) in [6.45, 7) is 0. The quantitative estimate of drug-likeness (QED) is 0.406. The summed E-state index contributed by atoms with van der Waals surface area (Å²) < 4.78 is 11.2. The lowest BCUT2D eigenvalue weighted by Gasteiger charge is -1.63. The van der Waals surface area contributed by atoms with Gasteiger partial charge in [-0.2, -0.15) is 4.21 Å². The molecule has 1 aliphatic heterocycles. The zero-order chi connectivity index (χ0) is 5.11. The highest BCUT2D eigenvalue weighted by molar-refractivity contribution is 7.52. The monoisotopic (exact) mass is 115 g/mol. The third-order valence-corrected chi connectivity index (χ3v) is 0.954. The Morgan fingerprint density at radius 2 is 2.57 bits per heavy atom. The second-order valence-corrected chi connectivity index (χ2v) is 1.57. The van der Waals surface area contributed by atoms with Crippen molar-refractivity contribution in [3.8, 4) is 0 Å². The Kier molecular flexibility index (Phi) is 1.12. The van der Waals surface area contributed by atoms with E-state index in [1.807, 2.05) is 0 Å². The van der Waals surface area contributed by atoms with Crippen LogP contribution in [0, 0.1) is 0 Å². The van der Waals surface area contributed by atoms with Gasteiger partial charge in [0.25, 0.3) is 11.5 Å². The lowest BCUT2D eigenvalue weighted by atomic mass is 11.0. The molecule has 0 amide bonds. The van der Waals surface area contributed by atoms with E-state index in [1.165, 1.54) is 10.3 Å². The number of rotatable bonds is 0. The smallest absolute Gasteiger partial charge is 0.167 e. The summed E-state index contributed by atoms with van der Waals surface area (Å²) in [6.07, 6.45) is 4.61. The van der Waals surface area contributed by atoms with Crippen LogP contribution in [0.5, 0.6) is 0 Å². The van der Waals surface area contributed by atoms with E-state index in [0.29, 0.717) is 11.5 Å². The van der Waals surface area contributed by atoms with Crippen LogP contribution in [0.25, 0.3) is 0 Å². The van der Waals surface area contributed by atoms with Gasteiger partial charge in [-0.05, 0) is 0 Å². The van der Waals surface area contributed by atoms with Crippen LogP contribution in [0.15, 0.2) is 17.4 Å². The molecule has 4 heteroatoms. The van der Waals surface area contributed by atoms with Crippen molar-refractivity contribution in [3.63, 3.8) is 0 Å². The average Bonchev–Trinajstić information content (AvgIpc) is 2.14. The maximum Gasteiger partial charge on any atom is 0.304 e. The van der Waals surface area contributed by atoms with Crippen molar-refractivity contribution in [2.75, 3.05) is 0 Å². The normalized spacial score (nSPS) is 15.7. The Morgan fingerprint density at radius 3 is 2.86 bits per heavy atom. The zero-order valence-corrected chi connectivity index (χ0v) is 4.26. The minimum absolute atomic E-state index is 0.380. The molecule has 0 aromatic carbocycles. The van der Waals surface area contributed by atoms with Crippen molar-refractivity contribution in [2.24, 2.45) is 4.99 Å². The van der Waals surface area contributed by atoms with E-state index in [2.05, 4.69) is 4.99 Å². The molecule has 0 radical (unpaired) electrons. The van der Waals surface area contributed by atoms with Gasteiger partial charge in [0.2, 0.25) is 0 Å². The molecule has 1 heterocycles. The van der Waals surface area contributed by atoms with Gasteiger partial charge in [0.1, 0.15) is 0 Å². The molecule has 0 bridgehead atoms. The summed E-state index contributed by atoms with van der Waals surface area (Å²) in [5, 5.41) is 0. The predicted molar refractivity (Wildman–Crippen MR) is 26.0 cm³/mol. The molecule has 0 N–H and O–H groups in total. The number of aliphatic imine (C=N–C) groups is 1. The number of hydrogen-bond acceptors (Lipinski definition) is 2. The van der Waals surface area contributed by atoms with E-state index in [-0.39, 0.29) is 0 Å². The third-order valence-electron chi connectivity index (χ3n) is 0.566. The van der Waals surface area contributed by atoms with Crippen LogP contribution in [0.2, 0.25) is 0 Å².